The number of rotatable bonds is 4. The van der Waals surface area contributed by atoms with Crippen LogP contribution in [0.4, 0.5) is 4.39 Å². The maximum Gasteiger partial charge on any atom is 0.246 e. The van der Waals surface area contributed by atoms with Crippen LogP contribution in [0.2, 0.25) is 0 Å². The maximum absolute atomic E-state index is 12.1. The lowest BCUT2D eigenvalue weighted by atomic mass is 10.0. The number of piperazine rings is 1. The van der Waals surface area contributed by atoms with Crippen molar-refractivity contribution in [3.8, 4) is 0 Å². The number of nitrogens with zero attached hydrogens (tertiary/aromatic N) is 1. The molecule has 2 rings (SSSR count). The molecule has 1 heterocycles. The molecule has 16 heavy (non-hydrogen) atoms. The fourth-order valence-electron chi connectivity index (χ4n) is 2.13. The van der Waals surface area contributed by atoms with Gasteiger partial charge in [0.05, 0.1) is 6.67 Å². The van der Waals surface area contributed by atoms with Gasteiger partial charge in [0.1, 0.15) is 12.1 Å². The van der Waals surface area contributed by atoms with Crippen molar-refractivity contribution in [2.75, 3.05) is 13.2 Å². The second kappa shape index (κ2) is 4.39. The first-order chi connectivity index (χ1) is 7.65. The molecular weight excluding hydrogens is 211 g/mol. The van der Waals surface area contributed by atoms with E-state index in [1.54, 1.807) is 6.92 Å². The number of halogens is 1. The highest BCUT2D eigenvalue weighted by Gasteiger charge is 2.45. The third-order valence-electron chi connectivity index (χ3n) is 3.32. The molecule has 1 saturated heterocycles. The van der Waals surface area contributed by atoms with Crippen LogP contribution >= 0.6 is 0 Å². The van der Waals surface area contributed by atoms with E-state index in [4.69, 9.17) is 0 Å². The van der Waals surface area contributed by atoms with Crippen molar-refractivity contribution in [1.29, 1.82) is 0 Å². The SMILES string of the molecule is CC1C(=O)NC(C2CC2)C(=O)N1CCCF. The Kier molecular flexibility index (Phi) is 3.12. The van der Waals surface area contributed by atoms with Gasteiger partial charge >= 0.3 is 0 Å². The summed E-state index contributed by atoms with van der Waals surface area (Å²) < 4.78 is 12.1. The molecule has 2 aliphatic rings. The molecule has 0 radical (unpaired) electrons. The van der Waals surface area contributed by atoms with Gasteiger partial charge in [-0.3, -0.25) is 14.0 Å². The average Bonchev–Trinajstić information content (AvgIpc) is 3.07. The number of carbonyl (C=O) groups excluding carboxylic acids is 2. The summed E-state index contributed by atoms with van der Waals surface area (Å²) in [6.07, 6.45) is 2.31. The van der Waals surface area contributed by atoms with Crippen LogP contribution in [0.5, 0.6) is 0 Å². The smallest absolute Gasteiger partial charge is 0.246 e. The Morgan fingerprint density at radius 3 is 2.69 bits per heavy atom. The van der Waals surface area contributed by atoms with Crippen molar-refractivity contribution in [2.45, 2.75) is 38.3 Å². The summed E-state index contributed by atoms with van der Waals surface area (Å²) in [5, 5.41) is 2.76. The summed E-state index contributed by atoms with van der Waals surface area (Å²) in [6, 6.07) is -0.822. The molecule has 2 amide bonds. The van der Waals surface area contributed by atoms with Crippen LogP contribution in [-0.4, -0.2) is 42.0 Å². The minimum absolute atomic E-state index is 0.0388. The first kappa shape index (κ1) is 11.4. The number of alkyl halides is 1. The van der Waals surface area contributed by atoms with Gasteiger partial charge in [-0.2, -0.15) is 0 Å². The van der Waals surface area contributed by atoms with Gasteiger partial charge in [0.15, 0.2) is 0 Å². The molecule has 1 aliphatic carbocycles. The Balaban J connectivity index is 2.06. The lowest BCUT2D eigenvalue weighted by Gasteiger charge is -2.37. The molecule has 2 atom stereocenters. The summed E-state index contributed by atoms with van der Waals surface area (Å²) in [7, 11) is 0. The van der Waals surface area contributed by atoms with Gasteiger partial charge in [-0.1, -0.05) is 0 Å². The Bertz CT molecular complexity index is 304. The molecule has 90 valence electrons. The maximum atomic E-state index is 12.1. The van der Waals surface area contributed by atoms with Crippen molar-refractivity contribution in [1.82, 2.24) is 10.2 Å². The number of nitrogens with one attached hydrogen (secondary N) is 1. The van der Waals surface area contributed by atoms with Crippen molar-refractivity contribution >= 4 is 11.8 Å². The van der Waals surface area contributed by atoms with E-state index < -0.39 is 12.7 Å². The number of carbonyl (C=O) groups is 2. The molecule has 4 nitrogen and oxygen atoms in total. The van der Waals surface area contributed by atoms with Gasteiger partial charge in [0, 0.05) is 6.54 Å². The van der Waals surface area contributed by atoms with Crippen molar-refractivity contribution in [3.05, 3.63) is 0 Å². The Morgan fingerprint density at radius 2 is 2.12 bits per heavy atom. The molecule has 2 unspecified atom stereocenters. The van der Waals surface area contributed by atoms with E-state index in [9.17, 15) is 14.0 Å². The fourth-order valence-corrected chi connectivity index (χ4v) is 2.13. The molecule has 5 heteroatoms. The second-order valence-electron chi connectivity index (χ2n) is 4.57. The summed E-state index contributed by atoms with van der Waals surface area (Å²) in [5.74, 6) is 0.148. The molecule has 0 aromatic rings. The number of hydrogen-bond acceptors (Lipinski definition) is 2. The van der Waals surface area contributed by atoms with Gasteiger partial charge in [0.25, 0.3) is 0 Å². The average molecular weight is 228 g/mol. The summed E-state index contributed by atoms with van der Waals surface area (Å²) in [5.41, 5.74) is 0. The molecule has 2 fully saturated rings. The van der Waals surface area contributed by atoms with E-state index in [1.807, 2.05) is 0 Å². The van der Waals surface area contributed by atoms with E-state index in [2.05, 4.69) is 5.32 Å². The molecule has 0 bridgehead atoms. The predicted octanol–water partition coefficient (Wildman–Crippen LogP) is 0.471. The van der Waals surface area contributed by atoms with Crippen LogP contribution in [0, 0.1) is 5.92 Å². The van der Waals surface area contributed by atoms with E-state index in [1.165, 1.54) is 4.90 Å². The minimum atomic E-state index is -0.464. The quantitative estimate of drug-likeness (QED) is 0.760. The van der Waals surface area contributed by atoms with Gasteiger partial charge in [0.2, 0.25) is 11.8 Å². The van der Waals surface area contributed by atoms with Crippen LogP contribution in [0.3, 0.4) is 0 Å². The van der Waals surface area contributed by atoms with E-state index in [-0.39, 0.29) is 17.9 Å². The lowest BCUT2D eigenvalue weighted by molar-refractivity contribution is -0.149. The van der Waals surface area contributed by atoms with E-state index >= 15 is 0 Å². The van der Waals surface area contributed by atoms with Crippen molar-refractivity contribution in [2.24, 2.45) is 5.92 Å². The Hall–Kier alpha value is -1.13. The van der Waals surface area contributed by atoms with Crippen LogP contribution < -0.4 is 5.32 Å². The number of hydrogen-bond donors (Lipinski definition) is 1. The van der Waals surface area contributed by atoms with Crippen LogP contribution in [0.1, 0.15) is 26.2 Å². The van der Waals surface area contributed by atoms with E-state index in [0.29, 0.717) is 18.9 Å². The zero-order chi connectivity index (χ0) is 11.7. The van der Waals surface area contributed by atoms with Crippen LogP contribution in [-0.2, 0) is 9.59 Å². The topological polar surface area (TPSA) is 49.4 Å². The summed E-state index contributed by atoms with van der Waals surface area (Å²) in [4.78, 5) is 25.2. The Morgan fingerprint density at radius 1 is 1.44 bits per heavy atom. The first-order valence-electron chi connectivity index (χ1n) is 5.82. The molecule has 1 saturated carbocycles. The summed E-state index contributed by atoms with van der Waals surface area (Å²) in [6.45, 7) is 1.58. The van der Waals surface area contributed by atoms with Crippen molar-refractivity contribution < 1.29 is 14.0 Å². The van der Waals surface area contributed by atoms with Gasteiger partial charge in [-0.15, -0.1) is 0 Å². The third-order valence-corrected chi connectivity index (χ3v) is 3.32. The van der Waals surface area contributed by atoms with Gasteiger partial charge in [-0.05, 0) is 32.1 Å². The standard InChI is InChI=1S/C11H17FN2O2/c1-7-10(15)13-9(8-3-4-8)11(16)14(7)6-2-5-12/h7-9H,2-6H2,1H3,(H,13,15). The minimum Gasteiger partial charge on any atom is -0.342 e. The molecule has 1 aliphatic heterocycles. The second-order valence-corrected chi connectivity index (χ2v) is 4.57. The highest BCUT2D eigenvalue weighted by atomic mass is 19.1. The number of amides is 2. The van der Waals surface area contributed by atoms with Crippen LogP contribution in [0.25, 0.3) is 0 Å². The van der Waals surface area contributed by atoms with Crippen molar-refractivity contribution in [3.63, 3.8) is 0 Å². The predicted molar refractivity (Wildman–Crippen MR) is 56.4 cm³/mol. The lowest BCUT2D eigenvalue weighted by Crippen LogP contribution is -2.63. The molecule has 0 spiro atoms. The zero-order valence-corrected chi connectivity index (χ0v) is 9.41. The zero-order valence-electron chi connectivity index (χ0n) is 9.41. The van der Waals surface area contributed by atoms with Crippen LogP contribution in [0.15, 0.2) is 0 Å². The molecule has 0 aromatic heterocycles. The fraction of sp³-hybridized carbons (Fsp3) is 0.818. The van der Waals surface area contributed by atoms with Gasteiger partial charge in [-0.25, -0.2) is 0 Å². The largest absolute Gasteiger partial charge is 0.342 e. The van der Waals surface area contributed by atoms with E-state index in [0.717, 1.165) is 12.8 Å². The monoisotopic (exact) mass is 228 g/mol. The highest BCUT2D eigenvalue weighted by molar-refractivity contribution is 5.97. The highest BCUT2D eigenvalue weighted by Crippen LogP contribution is 2.34. The Labute approximate surface area is 94.2 Å². The molecule has 1 N–H and O–H groups in total. The third kappa shape index (κ3) is 2.03. The molecule has 0 aromatic carbocycles. The normalized spacial score (nSPS) is 30.5. The first-order valence-corrected chi connectivity index (χ1v) is 5.82. The van der Waals surface area contributed by atoms with Gasteiger partial charge < -0.3 is 10.2 Å². The summed E-state index contributed by atoms with van der Waals surface area (Å²) >= 11 is 0. The molecular formula is C11H17FN2O2.